The van der Waals surface area contributed by atoms with Gasteiger partial charge in [-0.2, -0.15) is 0 Å². The van der Waals surface area contributed by atoms with E-state index in [0.717, 1.165) is 19.1 Å². The van der Waals surface area contributed by atoms with E-state index >= 15 is 0 Å². The van der Waals surface area contributed by atoms with E-state index in [9.17, 15) is 0 Å². The van der Waals surface area contributed by atoms with Crippen LogP contribution in [0.1, 0.15) is 40.0 Å². The van der Waals surface area contributed by atoms with Crippen molar-refractivity contribution in [2.24, 2.45) is 11.1 Å². The van der Waals surface area contributed by atoms with Crippen LogP contribution in [0.3, 0.4) is 0 Å². The Morgan fingerprint density at radius 3 is 2.59 bits per heavy atom. The minimum absolute atomic E-state index is 0.242. The van der Waals surface area contributed by atoms with E-state index in [1.807, 2.05) is 0 Å². The number of likely N-dealkylation sites (tertiary alicyclic amines) is 1. The molecule has 1 heterocycles. The molecule has 3 heteroatoms. The third-order valence-corrected chi connectivity index (χ3v) is 4.09. The Hall–Kier alpha value is -0.120. The Labute approximate surface area is 107 Å². The standard InChI is InChI=1S/C14H31N3/c1-5-17-9-6-7-13(8-10-17)16(4)12-14(2,3)11-15/h13H,5-12,15H2,1-4H3. The van der Waals surface area contributed by atoms with E-state index < -0.39 is 0 Å². The van der Waals surface area contributed by atoms with Crippen molar-refractivity contribution in [1.82, 2.24) is 9.80 Å². The van der Waals surface area contributed by atoms with Gasteiger partial charge in [0.1, 0.15) is 0 Å². The van der Waals surface area contributed by atoms with Crippen molar-refractivity contribution < 1.29 is 0 Å². The molecule has 3 nitrogen and oxygen atoms in total. The van der Waals surface area contributed by atoms with Crippen LogP contribution in [0.2, 0.25) is 0 Å². The van der Waals surface area contributed by atoms with E-state index in [-0.39, 0.29) is 5.41 Å². The molecule has 2 N–H and O–H groups in total. The monoisotopic (exact) mass is 241 g/mol. The molecule has 1 aliphatic rings. The summed E-state index contributed by atoms with van der Waals surface area (Å²) < 4.78 is 0. The number of hydrogen-bond acceptors (Lipinski definition) is 3. The maximum atomic E-state index is 5.82. The molecule has 102 valence electrons. The Bertz CT molecular complexity index is 216. The smallest absolute Gasteiger partial charge is 0.0105 e. The largest absolute Gasteiger partial charge is 0.330 e. The van der Waals surface area contributed by atoms with Crippen LogP contribution in [0.5, 0.6) is 0 Å². The lowest BCUT2D eigenvalue weighted by molar-refractivity contribution is 0.151. The summed E-state index contributed by atoms with van der Waals surface area (Å²) in [4.78, 5) is 5.11. The minimum atomic E-state index is 0.242. The third kappa shape index (κ3) is 4.94. The molecule has 0 amide bonds. The van der Waals surface area contributed by atoms with Gasteiger partial charge in [-0.3, -0.25) is 0 Å². The first kappa shape index (κ1) is 14.9. The molecule has 0 radical (unpaired) electrons. The summed E-state index contributed by atoms with van der Waals surface area (Å²) in [7, 11) is 2.27. The quantitative estimate of drug-likeness (QED) is 0.796. The summed E-state index contributed by atoms with van der Waals surface area (Å²) in [6, 6.07) is 0.748. The highest BCUT2D eigenvalue weighted by atomic mass is 15.2. The van der Waals surface area contributed by atoms with Gasteiger partial charge in [-0.25, -0.2) is 0 Å². The molecule has 1 atom stereocenters. The topological polar surface area (TPSA) is 32.5 Å². The fraction of sp³-hybridized carbons (Fsp3) is 1.00. The predicted octanol–water partition coefficient (Wildman–Crippen LogP) is 1.78. The summed E-state index contributed by atoms with van der Waals surface area (Å²) in [5.41, 5.74) is 6.07. The van der Waals surface area contributed by atoms with Gasteiger partial charge in [-0.15, -0.1) is 0 Å². The normalized spacial score (nSPS) is 24.0. The van der Waals surface area contributed by atoms with Crippen molar-refractivity contribution in [2.75, 3.05) is 39.8 Å². The second kappa shape index (κ2) is 6.72. The Balaban J connectivity index is 2.44. The molecule has 1 fully saturated rings. The molecule has 17 heavy (non-hydrogen) atoms. The van der Waals surface area contributed by atoms with Gasteiger partial charge < -0.3 is 15.5 Å². The molecule has 0 bridgehead atoms. The van der Waals surface area contributed by atoms with Crippen molar-refractivity contribution in [3.05, 3.63) is 0 Å². The zero-order valence-electron chi connectivity index (χ0n) is 12.2. The molecule has 1 aliphatic heterocycles. The third-order valence-electron chi connectivity index (χ3n) is 4.09. The second-order valence-electron chi connectivity index (χ2n) is 6.30. The van der Waals surface area contributed by atoms with E-state index in [1.165, 1.54) is 38.9 Å². The second-order valence-corrected chi connectivity index (χ2v) is 6.30. The predicted molar refractivity (Wildman–Crippen MR) is 75.2 cm³/mol. The fourth-order valence-electron chi connectivity index (χ4n) is 2.76. The van der Waals surface area contributed by atoms with Crippen molar-refractivity contribution in [2.45, 2.75) is 46.1 Å². The van der Waals surface area contributed by atoms with E-state index in [2.05, 4.69) is 37.6 Å². The maximum absolute atomic E-state index is 5.82. The first-order valence-electron chi connectivity index (χ1n) is 7.11. The summed E-state index contributed by atoms with van der Waals surface area (Å²) in [6.07, 6.45) is 3.99. The maximum Gasteiger partial charge on any atom is 0.0105 e. The van der Waals surface area contributed by atoms with Crippen molar-refractivity contribution in [3.63, 3.8) is 0 Å². The van der Waals surface area contributed by atoms with Crippen LogP contribution in [-0.4, -0.2) is 55.6 Å². The number of nitrogens with zero attached hydrogens (tertiary/aromatic N) is 2. The summed E-state index contributed by atoms with van der Waals surface area (Å²) >= 11 is 0. The van der Waals surface area contributed by atoms with Crippen LogP contribution < -0.4 is 5.73 Å². The first-order valence-corrected chi connectivity index (χ1v) is 7.11. The summed E-state index contributed by atoms with van der Waals surface area (Å²) in [6.45, 7) is 12.4. The van der Waals surface area contributed by atoms with Gasteiger partial charge in [0.25, 0.3) is 0 Å². The molecule has 0 aromatic heterocycles. The van der Waals surface area contributed by atoms with Gasteiger partial charge in [-0.1, -0.05) is 20.8 Å². The van der Waals surface area contributed by atoms with Crippen LogP contribution in [-0.2, 0) is 0 Å². The molecule has 1 unspecified atom stereocenters. The molecular formula is C14H31N3. The summed E-state index contributed by atoms with van der Waals surface area (Å²) in [5, 5.41) is 0. The van der Waals surface area contributed by atoms with Gasteiger partial charge in [0.2, 0.25) is 0 Å². The highest BCUT2D eigenvalue weighted by Crippen LogP contribution is 2.20. The lowest BCUT2D eigenvalue weighted by Gasteiger charge is -2.34. The van der Waals surface area contributed by atoms with Crippen LogP contribution in [0.15, 0.2) is 0 Å². The van der Waals surface area contributed by atoms with E-state index in [0.29, 0.717) is 0 Å². The zero-order chi connectivity index (χ0) is 12.9. The molecule has 0 aromatic rings. The highest BCUT2D eigenvalue weighted by Gasteiger charge is 2.24. The zero-order valence-corrected chi connectivity index (χ0v) is 12.2. The molecule has 0 aliphatic carbocycles. The average molecular weight is 241 g/mol. The van der Waals surface area contributed by atoms with Crippen molar-refractivity contribution in [3.8, 4) is 0 Å². The van der Waals surface area contributed by atoms with Gasteiger partial charge in [0.05, 0.1) is 0 Å². The van der Waals surface area contributed by atoms with Gasteiger partial charge in [0.15, 0.2) is 0 Å². The Kier molecular flexibility index (Phi) is 5.90. The van der Waals surface area contributed by atoms with Crippen molar-refractivity contribution in [1.29, 1.82) is 0 Å². The van der Waals surface area contributed by atoms with Gasteiger partial charge >= 0.3 is 0 Å². The molecular weight excluding hydrogens is 210 g/mol. The molecule has 0 saturated carbocycles. The first-order chi connectivity index (χ1) is 7.98. The molecule has 1 rings (SSSR count). The van der Waals surface area contributed by atoms with Gasteiger partial charge in [0, 0.05) is 12.6 Å². The molecule has 0 aromatic carbocycles. The van der Waals surface area contributed by atoms with Crippen LogP contribution >= 0.6 is 0 Å². The SMILES string of the molecule is CCN1CCCC(N(C)CC(C)(C)CN)CC1. The summed E-state index contributed by atoms with van der Waals surface area (Å²) in [5.74, 6) is 0. The van der Waals surface area contributed by atoms with E-state index in [4.69, 9.17) is 5.73 Å². The fourth-order valence-corrected chi connectivity index (χ4v) is 2.76. The number of nitrogens with two attached hydrogens (primary N) is 1. The van der Waals surface area contributed by atoms with Crippen LogP contribution in [0.25, 0.3) is 0 Å². The van der Waals surface area contributed by atoms with Crippen LogP contribution in [0, 0.1) is 5.41 Å². The van der Waals surface area contributed by atoms with Gasteiger partial charge in [-0.05, 0) is 57.9 Å². The molecule has 1 saturated heterocycles. The Morgan fingerprint density at radius 1 is 1.29 bits per heavy atom. The van der Waals surface area contributed by atoms with E-state index in [1.54, 1.807) is 0 Å². The minimum Gasteiger partial charge on any atom is -0.330 e. The van der Waals surface area contributed by atoms with Crippen molar-refractivity contribution >= 4 is 0 Å². The Morgan fingerprint density at radius 2 is 2.00 bits per heavy atom. The lowest BCUT2D eigenvalue weighted by atomic mass is 9.92. The van der Waals surface area contributed by atoms with Crippen LogP contribution in [0.4, 0.5) is 0 Å². The highest BCUT2D eigenvalue weighted by molar-refractivity contribution is 4.80. The molecule has 0 spiro atoms. The average Bonchev–Trinajstić information content (AvgIpc) is 2.53. The lowest BCUT2D eigenvalue weighted by Crippen LogP contribution is -2.42. The number of hydrogen-bond donors (Lipinski definition) is 1. The number of rotatable bonds is 5.